The number of anilines is 1. The molecule has 3 N–H and O–H groups in total. The molecule has 0 spiro atoms. The number of carboxylic acid groups (broad SMARTS) is 1. The second-order valence-corrected chi connectivity index (χ2v) is 5.67. The first-order valence-corrected chi connectivity index (χ1v) is 7.47. The Morgan fingerprint density at radius 1 is 1.38 bits per heavy atom. The molecule has 0 aliphatic carbocycles. The number of piperazine rings is 1. The number of carbonyl (C=O) groups excluding carboxylic acids is 1. The van der Waals surface area contributed by atoms with Crippen molar-refractivity contribution in [2.24, 2.45) is 0 Å². The van der Waals surface area contributed by atoms with Crippen LogP contribution in [0.5, 0.6) is 0 Å². The molecule has 2 unspecified atom stereocenters. The summed E-state index contributed by atoms with van der Waals surface area (Å²) in [6.07, 6.45) is 0.585. The Bertz CT molecular complexity index is 485. The second-order valence-electron chi connectivity index (χ2n) is 4.79. The number of hydrogen-bond acceptors (Lipinski definition) is 6. The van der Waals surface area contributed by atoms with E-state index in [9.17, 15) is 14.7 Å². The number of rotatable bonds is 4. The van der Waals surface area contributed by atoms with E-state index >= 15 is 0 Å². The SMILES string of the molecule is CC(O)C(NC(=O)N1CCN(c2nccs2)CC1)C(=O)O. The van der Waals surface area contributed by atoms with Crippen LogP contribution in [0.25, 0.3) is 0 Å². The number of carbonyl (C=O) groups is 2. The minimum Gasteiger partial charge on any atom is -0.480 e. The number of urea groups is 1. The third-order valence-corrected chi connectivity index (χ3v) is 4.12. The summed E-state index contributed by atoms with van der Waals surface area (Å²) in [7, 11) is 0. The van der Waals surface area contributed by atoms with Crippen LogP contribution in [0.15, 0.2) is 11.6 Å². The molecule has 1 fully saturated rings. The van der Waals surface area contributed by atoms with E-state index in [-0.39, 0.29) is 0 Å². The molecule has 0 radical (unpaired) electrons. The molecule has 2 atom stereocenters. The third kappa shape index (κ3) is 3.82. The number of aromatic nitrogens is 1. The molecule has 2 heterocycles. The Hall–Kier alpha value is -1.87. The highest BCUT2D eigenvalue weighted by Crippen LogP contribution is 2.18. The van der Waals surface area contributed by atoms with E-state index in [1.807, 2.05) is 5.38 Å². The predicted molar refractivity (Wildman–Crippen MR) is 77.5 cm³/mol. The maximum atomic E-state index is 12.0. The first-order valence-electron chi connectivity index (χ1n) is 6.60. The zero-order valence-electron chi connectivity index (χ0n) is 11.6. The van der Waals surface area contributed by atoms with Gasteiger partial charge < -0.3 is 25.3 Å². The summed E-state index contributed by atoms with van der Waals surface area (Å²) in [5.41, 5.74) is 0. The minimum absolute atomic E-state index is 0.470. The fourth-order valence-corrected chi connectivity index (χ4v) is 2.78. The maximum absolute atomic E-state index is 12.0. The van der Waals surface area contributed by atoms with Crippen LogP contribution in [0.3, 0.4) is 0 Å². The normalized spacial score (nSPS) is 18.2. The topological polar surface area (TPSA) is 106 Å². The van der Waals surface area contributed by atoms with Gasteiger partial charge in [-0.3, -0.25) is 0 Å². The van der Waals surface area contributed by atoms with E-state index in [0.29, 0.717) is 26.2 Å². The Labute approximate surface area is 126 Å². The standard InChI is InChI=1S/C12H18N4O4S/c1-8(17)9(10(18)19)14-11(20)15-3-5-16(6-4-15)12-13-2-7-21-12/h2,7-9,17H,3-6H2,1H3,(H,14,20)(H,18,19). The highest BCUT2D eigenvalue weighted by Gasteiger charge is 2.29. The summed E-state index contributed by atoms with van der Waals surface area (Å²) >= 11 is 1.54. The van der Waals surface area contributed by atoms with Gasteiger partial charge in [-0.15, -0.1) is 11.3 Å². The highest BCUT2D eigenvalue weighted by atomic mass is 32.1. The molecular formula is C12H18N4O4S. The number of nitrogens with zero attached hydrogens (tertiary/aromatic N) is 3. The molecule has 2 amide bonds. The van der Waals surface area contributed by atoms with Gasteiger partial charge in [0, 0.05) is 37.8 Å². The quantitative estimate of drug-likeness (QED) is 0.711. The molecule has 1 saturated heterocycles. The van der Waals surface area contributed by atoms with Gasteiger partial charge in [0.25, 0.3) is 0 Å². The van der Waals surface area contributed by atoms with Gasteiger partial charge in [0.1, 0.15) is 0 Å². The van der Waals surface area contributed by atoms with Crippen LogP contribution in [0.4, 0.5) is 9.93 Å². The summed E-state index contributed by atoms with van der Waals surface area (Å²) in [6.45, 7) is 3.59. The average molecular weight is 314 g/mol. The van der Waals surface area contributed by atoms with Gasteiger partial charge in [-0.2, -0.15) is 0 Å². The number of thiazole rings is 1. The largest absolute Gasteiger partial charge is 0.480 e. The van der Waals surface area contributed by atoms with E-state index in [0.717, 1.165) is 5.13 Å². The zero-order chi connectivity index (χ0) is 15.4. The van der Waals surface area contributed by atoms with Gasteiger partial charge in [-0.1, -0.05) is 0 Å². The maximum Gasteiger partial charge on any atom is 0.328 e. The Morgan fingerprint density at radius 3 is 2.52 bits per heavy atom. The molecule has 2 rings (SSSR count). The van der Waals surface area contributed by atoms with E-state index in [4.69, 9.17) is 5.11 Å². The molecule has 21 heavy (non-hydrogen) atoms. The van der Waals surface area contributed by atoms with Gasteiger partial charge in [0.2, 0.25) is 0 Å². The number of aliphatic carboxylic acids is 1. The minimum atomic E-state index is -1.30. The predicted octanol–water partition coefficient (Wildman–Crippen LogP) is -0.191. The van der Waals surface area contributed by atoms with Crippen molar-refractivity contribution in [1.82, 2.24) is 15.2 Å². The number of aliphatic hydroxyl groups is 1. The lowest BCUT2D eigenvalue weighted by Gasteiger charge is -2.35. The summed E-state index contributed by atoms with van der Waals surface area (Å²) in [6, 6.07) is -1.77. The van der Waals surface area contributed by atoms with Gasteiger partial charge in [-0.05, 0) is 6.92 Å². The zero-order valence-corrected chi connectivity index (χ0v) is 12.4. The van der Waals surface area contributed by atoms with Crippen molar-refractivity contribution >= 4 is 28.5 Å². The Balaban J connectivity index is 1.87. The molecule has 1 aromatic heterocycles. The third-order valence-electron chi connectivity index (χ3n) is 3.28. The van der Waals surface area contributed by atoms with Crippen molar-refractivity contribution < 1.29 is 19.8 Å². The van der Waals surface area contributed by atoms with E-state index in [2.05, 4.69) is 15.2 Å². The van der Waals surface area contributed by atoms with Crippen molar-refractivity contribution in [3.8, 4) is 0 Å². The van der Waals surface area contributed by atoms with Crippen LogP contribution in [0.2, 0.25) is 0 Å². The smallest absolute Gasteiger partial charge is 0.328 e. The summed E-state index contributed by atoms with van der Waals surface area (Å²) in [5, 5.41) is 23.5. The summed E-state index contributed by atoms with van der Waals surface area (Å²) in [5.74, 6) is -1.25. The van der Waals surface area contributed by atoms with Crippen LogP contribution < -0.4 is 10.2 Å². The average Bonchev–Trinajstić information content (AvgIpc) is 2.98. The first-order chi connectivity index (χ1) is 9.99. The molecule has 9 heteroatoms. The monoisotopic (exact) mass is 314 g/mol. The van der Waals surface area contributed by atoms with Crippen LogP contribution in [-0.4, -0.2) is 70.4 Å². The van der Waals surface area contributed by atoms with Crippen LogP contribution in [0, 0.1) is 0 Å². The molecule has 1 aliphatic heterocycles. The van der Waals surface area contributed by atoms with Gasteiger partial charge in [0.05, 0.1) is 6.10 Å². The molecule has 8 nitrogen and oxygen atoms in total. The Morgan fingerprint density at radius 2 is 2.05 bits per heavy atom. The summed E-state index contributed by atoms with van der Waals surface area (Å²) in [4.78, 5) is 30.8. The van der Waals surface area contributed by atoms with E-state index < -0.39 is 24.1 Å². The Kier molecular flexibility index (Phi) is 4.97. The molecule has 0 saturated carbocycles. The molecular weight excluding hydrogens is 296 g/mol. The van der Waals surface area contributed by atoms with Crippen LogP contribution in [0.1, 0.15) is 6.92 Å². The van der Waals surface area contributed by atoms with Gasteiger partial charge >= 0.3 is 12.0 Å². The summed E-state index contributed by atoms with van der Waals surface area (Å²) < 4.78 is 0. The number of aliphatic hydroxyl groups excluding tert-OH is 1. The molecule has 116 valence electrons. The lowest BCUT2D eigenvalue weighted by molar-refractivity contribution is -0.141. The van der Waals surface area contributed by atoms with Crippen molar-refractivity contribution in [2.75, 3.05) is 31.1 Å². The molecule has 1 aromatic rings. The molecule has 1 aliphatic rings. The fourth-order valence-electron chi connectivity index (χ4n) is 2.09. The number of carboxylic acids is 1. The molecule has 0 aromatic carbocycles. The first kappa shape index (κ1) is 15.5. The van der Waals surface area contributed by atoms with E-state index in [1.54, 1.807) is 22.4 Å². The number of amides is 2. The number of hydrogen-bond donors (Lipinski definition) is 3. The second kappa shape index (κ2) is 6.72. The van der Waals surface area contributed by atoms with Crippen LogP contribution in [-0.2, 0) is 4.79 Å². The lowest BCUT2D eigenvalue weighted by Crippen LogP contribution is -2.56. The number of nitrogens with one attached hydrogen (secondary N) is 1. The van der Waals surface area contributed by atoms with Crippen molar-refractivity contribution in [3.63, 3.8) is 0 Å². The van der Waals surface area contributed by atoms with Crippen molar-refractivity contribution in [3.05, 3.63) is 11.6 Å². The molecule has 0 bridgehead atoms. The van der Waals surface area contributed by atoms with E-state index in [1.165, 1.54) is 6.92 Å². The van der Waals surface area contributed by atoms with Gasteiger partial charge in [-0.25, -0.2) is 14.6 Å². The van der Waals surface area contributed by atoms with Crippen LogP contribution >= 0.6 is 11.3 Å². The van der Waals surface area contributed by atoms with Crippen molar-refractivity contribution in [2.45, 2.75) is 19.1 Å². The fraction of sp³-hybridized carbons (Fsp3) is 0.583. The van der Waals surface area contributed by atoms with Gasteiger partial charge in [0.15, 0.2) is 11.2 Å². The van der Waals surface area contributed by atoms with Crippen molar-refractivity contribution in [1.29, 1.82) is 0 Å². The highest BCUT2D eigenvalue weighted by molar-refractivity contribution is 7.13. The lowest BCUT2D eigenvalue weighted by atomic mass is 10.2.